The molecule has 0 atom stereocenters. The fraction of sp³-hybridized carbons (Fsp3) is 0.562. The van der Waals surface area contributed by atoms with Crippen LogP contribution in [0.3, 0.4) is 0 Å². The molecule has 1 saturated carbocycles. The second-order valence-corrected chi connectivity index (χ2v) is 5.38. The molecule has 0 spiro atoms. The molecule has 0 unspecified atom stereocenters. The lowest BCUT2D eigenvalue weighted by Gasteiger charge is -2.28. The monoisotopic (exact) mass is 263 g/mol. The van der Waals surface area contributed by atoms with Gasteiger partial charge in [-0.05, 0) is 25.3 Å². The lowest BCUT2D eigenvalue weighted by atomic mass is 9.77. The van der Waals surface area contributed by atoms with Crippen LogP contribution in [-0.4, -0.2) is 12.5 Å². The summed E-state index contributed by atoms with van der Waals surface area (Å²) in [6.07, 6.45) is 5.52. The second-order valence-electron chi connectivity index (χ2n) is 5.38. The number of hydrogen-bond acceptors (Lipinski definition) is 1. The first kappa shape index (κ1) is 14.0. The zero-order valence-corrected chi connectivity index (χ0v) is 11.5. The van der Waals surface area contributed by atoms with Gasteiger partial charge < -0.3 is 5.32 Å². The van der Waals surface area contributed by atoms with Crippen LogP contribution in [0.4, 0.5) is 4.39 Å². The molecule has 3 heteroatoms. The molecular weight excluding hydrogens is 241 g/mol. The first-order valence-electron chi connectivity index (χ1n) is 7.24. The van der Waals surface area contributed by atoms with Gasteiger partial charge in [-0.25, -0.2) is 4.39 Å². The Bertz CT molecular complexity index is 438. The predicted molar refractivity (Wildman–Crippen MR) is 74.5 cm³/mol. The molecule has 0 saturated heterocycles. The number of unbranched alkanes of at least 4 members (excludes halogenated alkanes) is 1. The maximum atomic E-state index is 14.1. The maximum Gasteiger partial charge on any atom is 0.230 e. The Morgan fingerprint density at radius 1 is 1.32 bits per heavy atom. The van der Waals surface area contributed by atoms with Crippen molar-refractivity contribution >= 4 is 5.91 Å². The van der Waals surface area contributed by atoms with Crippen molar-refractivity contribution in [2.45, 2.75) is 50.9 Å². The van der Waals surface area contributed by atoms with E-state index in [4.69, 9.17) is 0 Å². The number of carbonyl (C=O) groups excluding carboxylic acids is 1. The van der Waals surface area contributed by atoms with Crippen LogP contribution in [0.25, 0.3) is 0 Å². The molecule has 1 aromatic carbocycles. The lowest BCUT2D eigenvalue weighted by molar-refractivity contribution is -0.126. The lowest BCUT2D eigenvalue weighted by Crippen LogP contribution is -2.43. The van der Waals surface area contributed by atoms with Gasteiger partial charge in [-0.2, -0.15) is 0 Å². The zero-order chi connectivity index (χ0) is 13.7. The highest BCUT2D eigenvalue weighted by Gasteiger charge is 2.43. The van der Waals surface area contributed by atoms with Crippen molar-refractivity contribution in [2.24, 2.45) is 0 Å². The molecule has 1 amide bonds. The highest BCUT2D eigenvalue weighted by Crippen LogP contribution is 2.42. The first-order chi connectivity index (χ1) is 9.20. The van der Waals surface area contributed by atoms with Crippen molar-refractivity contribution < 1.29 is 9.18 Å². The van der Waals surface area contributed by atoms with Crippen LogP contribution in [0.2, 0.25) is 0 Å². The summed E-state index contributed by atoms with van der Waals surface area (Å²) in [4.78, 5) is 12.5. The van der Waals surface area contributed by atoms with Crippen LogP contribution < -0.4 is 5.32 Å². The van der Waals surface area contributed by atoms with Gasteiger partial charge in [0, 0.05) is 12.1 Å². The van der Waals surface area contributed by atoms with Crippen molar-refractivity contribution in [1.29, 1.82) is 0 Å². The summed E-state index contributed by atoms with van der Waals surface area (Å²) in [6, 6.07) is 6.71. The average Bonchev–Trinajstić information content (AvgIpc) is 2.90. The number of amides is 1. The van der Waals surface area contributed by atoms with E-state index in [-0.39, 0.29) is 11.7 Å². The van der Waals surface area contributed by atoms with E-state index in [2.05, 4.69) is 12.2 Å². The largest absolute Gasteiger partial charge is 0.355 e. The van der Waals surface area contributed by atoms with E-state index in [1.165, 1.54) is 6.07 Å². The molecule has 2 nitrogen and oxygen atoms in total. The van der Waals surface area contributed by atoms with Gasteiger partial charge >= 0.3 is 0 Å². The molecular formula is C16H22FNO. The molecule has 1 aliphatic carbocycles. The first-order valence-corrected chi connectivity index (χ1v) is 7.24. The summed E-state index contributed by atoms with van der Waals surface area (Å²) in [5.41, 5.74) is -0.0690. The van der Waals surface area contributed by atoms with E-state index >= 15 is 0 Å². The van der Waals surface area contributed by atoms with E-state index in [0.29, 0.717) is 12.1 Å². The third-order valence-electron chi connectivity index (χ3n) is 4.10. The third kappa shape index (κ3) is 2.80. The van der Waals surface area contributed by atoms with Crippen molar-refractivity contribution in [2.75, 3.05) is 6.54 Å². The van der Waals surface area contributed by atoms with Gasteiger partial charge in [0.2, 0.25) is 5.91 Å². The minimum absolute atomic E-state index is 0.00329. The summed E-state index contributed by atoms with van der Waals surface area (Å²) < 4.78 is 14.1. The van der Waals surface area contributed by atoms with Crippen LogP contribution in [-0.2, 0) is 10.2 Å². The van der Waals surface area contributed by atoms with E-state index in [1.807, 2.05) is 6.07 Å². The quantitative estimate of drug-likeness (QED) is 0.809. The van der Waals surface area contributed by atoms with E-state index < -0.39 is 5.41 Å². The van der Waals surface area contributed by atoms with Crippen LogP contribution in [0.5, 0.6) is 0 Å². The maximum absolute atomic E-state index is 14.1. The number of nitrogens with one attached hydrogen (secondary N) is 1. The molecule has 1 N–H and O–H groups in total. The minimum atomic E-state index is -0.640. The molecule has 1 aliphatic rings. The summed E-state index contributed by atoms with van der Waals surface area (Å²) in [6.45, 7) is 2.78. The summed E-state index contributed by atoms with van der Waals surface area (Å²) in [7, 11) is 0. The molecule has 0 radical (unpaired) electrons. The van der Waals surface area contributed by atoms with Crippen molar-refractivity contribution in [1.82, 2.24) is 5.32 Å². The van der Waals surface area contributed by atoms with Crippen LogP contribution in [0.1, 0.15) is 51.0 Å². The smallest absolute Gasteiger partial charge is 0.230 e. The summed E-state index contributed by atoms with van der Waals surface area (Å²) >= 11 is 0. The second kappa shape index (κ2) is 6.18. The predicted octanol–water partition coefficient (Wildman–Crippen LogP) is 3.55. The molecule has 2 rings (SSSR count). The standard InChI is InChI=1S/C16H22FNO/c1-2-3-12-18-15(19)16(10-6-7-11-16)13-8-4-5-9-14(13)17/h4-5,8-9H,2-3,6-7,10-12H2,1H3,(H,18,19). The number of hydrogen-bond donors (Lipinski definition) is 1. The van der Waals surface area contributed by atoms with E-state index in [1.54, 1.807) is 12.1 Å². The van der Waals surface area contributed by atoms with E-state index in [9.17, 15) is 9.18 Å². The minimum Gasteiger partial charge on any atom is -0.355 e. The molecule has 0 aliphatic heterocycles. The van der Waals surface area contributed by atoms with Gasteiger partial charge in [0.25, 0.3) is 0 Å². The normalized spacial score (nSPS) is 17.4. The fourth-order valence-corrected chi connectivity index (χ4v) is 2.99. The van der Waals surface area contributed by atoms with Gasteiger partial charge in [-0.1, -0.05) is 44.4 Å². The fourth-order valence-electron chi connectivity index (χ4n) is 2.99. The molecule has 19 heavy (non-hydrogen) atoms. The van der Waals surface area contributed by atoms with Crippen LogP contribution >= 0.6 is 0 Å². The zero-order valence-electron chi connectivity index (χ0n) is 11.5. The Hall–Kier alpha value is -1.38. The van der Waals surface area contributed by atoms with Crippen molar-refractivity contribution in [3.63, 3.8) is 0 Å². The van der Waals surface area contributed by atoms with Gasteiger partial charge in [0.1, 0.15) is 5.82 Å². The van der Waals surface area contributed by atoms with Gasteiger partial charge in [-0.3, -0.25) is 4.79 Å². The average molecular weight is 263 g/mol. The van der Waals surface area contributed by atoms with Gasteiger partial charge in [0.05, 0.1) is 5.41 Å². The van der Waals surface area contributed by atoms with Crippen molar-refractivity contribution in [3.05, 3.63) is 35.6 Å². The Balaban J connectivity index is 2.23. The molecule has 0 bridgehead atoms. The van der Waals surface area contributed by atoms with E-state index in [0.717, 1.165) is 38.5 Å². The van der Waals surface area contributed by atoms with Gasteiger partial charge in [-0.15, -0.1) is 0 Å². The Kier molecular flexibility index (Phi) is 4.56. The molecule has 0 aromatic heterocycles. The highest BCUT2D eigenvalue weighted by atomic mass is 19.1. The Morgan fingerprint density at radius 3 is 2.63 bits per heavy atom. The Morgan fingerprint density at radius 2 is 2.00 bits per heavy atom. The molecule has 1 fully saturated rings. The number of rotatable bonds is 5. The summed E-state index contributed by atoms with van der Waals surface area (Å²) in [5.74, 6) is -0.251. The SMILES string of the molecule is CCCCNC(=O)C1(c2ccccc2F)CCCC1. The Labute approximate surface area is 114 Å². The number of halogens is 1. The van der Waals surface area contributed by atoms with Gasteiger partial charge in [0.15, 0.2) is 0 Å². The molecule has 0 heterocycles. The highest BCUT2D eigenvalue weighted by molar-refractivity contribution is 5.88. The number of benzene rings is 1. The van der Waals surface area contributed by atoms with Crippen molar-refractivity contribution in [3.8, 4) is 0 Å². The third-order valence-corrected chi connectivity index (χ3v) is 4.10. The number of carbonyl (C=O) groups is 1. The molecule has 1 aromatic rings. The summed E-state index contributed by atoms with van der Waals surface area (Å²) in [5, 5.41) is 2.99. The topological polar surface area (TPSA) is 29.1 Å². The molecule has 104 valence electrons. The van der Waals surface area contributed by atoms with Crippen LogP contribution in [0.15, 0.2) is 24.3 Å². The van der Waals surface area contributed by atoms with Crippen LogP contribution in [0, 0.1) is 5.82 Å².